The number of fused-ring (bicyclic) bond motifs is 1. The van der Waals surface area contributed by atoms with Crippen molar-refractivity contribution in [2.45, 2.75) is 0 Å². The highest BCUT2D eigenvalue weighted by Crippen LogP contribution is 2.35. The predicted octanol–water partition coefficient (Wildman–Crippen LogP) is 2.49. The summed E-state index contributed by atoms with van der Waals surface area (Å²) in [7, 11) is 1.62. The van der Waals surface area contributed by atoms with Gasteiger partial charge in [0.05, 0.1) is 5.69 Å². The van der Waals surface area contributed by atoms with Gasteiger partial charge >= 0.3 is 0 Å². The molecule has 0 fully saturated rings. The SMILES string of the molecule is CN=C1C(=O)N(c2ccc(O)cc2)c2ccccc21. The van der Waals surface area contributed by atoms with Crippen molar-refractivity contribution in [3.05, 3.63) is 54.1 Å². The minimum atomic E-state index is -0.144. The number of benzene rings is 2. The van der Waals surface area contributed by atoms with Gasteiger partial charge in [-0.15, -0.1) is 0 Å². The van der Waals surface area contributed by atoms with E-state index in [4.69, 9.17) is 0 Å². The third kappa shape index (κ3) is 1.69. The summed E-state index contributed by atoms with van der Waals surface area (Å²) in [6.07, 6.45) is 0. The van der Waals surface area contributed by atoms with E-state index in [1.807, 2.05) is 24.3 Å². The van der Waals surface area contributed by atoms with Gasteiger partial charge in [0.15, 0.2) is 0 Å². The van der Waals surface area contributed by atoms with Crippen LogP contribution in [0.25, 0.3) is 0 Å². The molecule has 4 heteroatoms. The van der Waals surface area contributed by atoms with Crippen molar-refractivity contribution >= 4 is 23.0 Å². The van der Waals surface area contributed by atoms with Crippen LogP contribution in [0, 0.1) is 0 Å². The molecule has 0 spiro atoms. The van der Waals surface area contributed by atoms with E-state index in [0.29, 0.717) is 11.4 Å². The van der Waals surface area contributed by atoms with Crippen LogP contribution in [-0.4, -0.2) is 23.8 Å². The number of amides is 1. The van der Waals surface area contributed by atoms with Gasteiger partial charge in [-0.1, -0.05) is 18.2 Å². The first-order valence-corrected chi connectivity index (χ1v) is 5.92. The van der Waals surface area contributed by atoms with Crippen LogP contribution in [-0.2, 0) is 4.79 Å². The number of nitrogens with zero attached hydrogens (tertiary/aromatic N) is 2. The van der Waals surface area contributed by atoms with E-state index in [1.165, 1.54) is 0 Å². The Labute approximate surface area is 110 Å². The van der Waals surface area contributed by atoms with Gasteiger partial charge in [-0.2, -0.15) is 0 Å². The van der Waals surface area contributed by atoms with Gasteiger partial charge in [0.25, 0.3) is 5.91 Å². The lowest BCUT2D eigenvalue weighted by Gasteiger charge is -2.16. The van der Waals surface area contributed by atoms with Crippen molar-refractivity contribution < 1.29 is 9.90 Å². The Hall–Kier alpha value is -2.62. The van der Waals surface area contributed by atoms with Gasteiger partial charge in [-0.05, 0) is 30.3 Å². The van der Waals surface area contributed by atoms with Crippen LogP contribution in [0.3, 0.4) is 0 Å². The van der Waals surface area contributed by atoms with Crippen LogP contribution in [0.5, 0.6) is 5.75 Å². The molecule has 2 aromatic rings. The fourth-order valence-corrected chi connectivity index (χ4v) is 2.27. The highest BCUT2D eigenvalue weighted by molar-refractivity contribution is 6.55. The van der Waals surface area contributed by atoms with Crippen molar-refractivity contribution in [1.29, 1.82) is 0 Å². The number of anilines is 2. The summed E-state index contributed by atoms with van der Waals surface area (Å²) in [5.74, 6) is 0.0300. The Bertz CT molecular complexity index is 675. The summed E-state index contributed by atoms with van der Waals surface area (Å²) < 4.78 is 0. The van der Waals surface area contributed by atoms with Crippen molar-refractivity contribution in [3.8, 4) is 5.75 Å². The molecule has 4 nitrogen and oxygen atoms in total. The zero-order chi connectivity index (χ0) is 13.4. The molecule has 1 amide bonds. The first kappa shape index (κ1) is 11.5. The average molecular weight is 252 g/mol. The number of carbonyl (C=O) groups excluding carboxylic acids is 1. The third-order valence-electron chi connectivity index (χ3n) is 3.14. The topological polar surface area (TPSA) is 52.9 Å². The minimum absolute atomic E-state index is 0.144. The molecule has 1 N–H and O–H groups in total. The molecule has 0 atom stereocenters. The summed E-state index contributed by atoms with van der Waals surface area (Å²) >= 11 is 0. The smallest absolute Gasteiger partial charge is 0.281 e. The summed E-state index contributed by atoms with van der Waals surface area (Å²) in [6.45, 7) is 0. The van der Waals surface area contributed by atoms with Crippen LogP contribution in [0.1, 0.15) is 5.56 Å². The Morgan fingerprint density at radius 1 is 1.05 bits per heavy atom. The van der Waals surface area contributed by atoms with E-state index in [2.05, 4.69) is 4.99 Å². The molecule has 0 unspecified atom stereocenters. The molecule has 0 saturated carbocycles. The van der Waals surface area contributed by atoms with Crippen LogP contribution < -0.4 is 4.90 Å². The standard InChI is InChI=1S/C15H12N2O2/c1-16-14-12-4-2-3-5-13(12)17(15(14)19)10-6-8-11(18)9-7-10/h2-9,18H,1H3. The van der Waals surface area contributed by atoms with Crippen LogP contribution in [0.2, 0.25) is 0 Å². The second-order valence-electron chi connectivity index (χ2n) is 4.25. The predicted molar refractivity (Wildman–Crippen MR) is 74.2 cm³/mol. The van der Waals surface area contributed by atoms with Gasteiger partial charge in [0.1, 0.15) is 11.5 Å². The second-order valence-corrected chi connectivity index (χ2v) is 4.25. The fraction of sp³-hybridized carbons (Fsp3) is 0.0667. The highest BCUT2D eigenvalue weighted by atomic mass is 16.3. The summed E-state index contributed by atoms with van der Waals surface area (Å²) in [6, 6.07) is 14.1. The minimum Gasteiger partial charge on any atom is -0.508 e. The quantitative estimate of drug-likeness (QED) is 0.847. The van der Waals surface area contributed by atoms with Gasteiger partial charge in [0.2, 0.25) is 0 Å². The average Bonchev–Trinajstić information content (AvgIpc) is 2.71. The van der Waals surface area contributed by atoms with Crippen molar-refractivity contribution in [3.63, 3.8) is 0 Å². The van der Waals surface area contributed by atoms with E-state index in [9.17, 15) is 9.90 Å². The van der Waals surface area contributed by atoms with Crippen molar-refractivity contribution in [2.75, 3.05) is 11.9 Å². The summed E-state index contributed by atoms with van der Waals surface area (Å²) in [5, 5.41) is 9.33. The molecule has 0 aliphatic carbocycles. The van der Waals surface area contributed by atoms with E-state index >= 15 is 0 Å². The number of para-hydroxylation sites is 1. The molecule has 94 valence electrons. The molecular formula is C15H12N2O2. The maximum absolute atomic E-state index is 12.4. The fourth-order valence-electron chi connectivity index (χ4n) is 2.27. The highest BCUT2D eigenvalue weighted by Gasteiger charge is 2.34. The van der Waals surface area contributed by atoms with Crippen molar-refractivity contribution in [1.82, 2.24) is 0 Å². The van der Waals surface area contributed by atoms with E-state index in [-0.39, 0.29) is 11.7 Å². The van der Waals surface area contributed by atoms with Gasteiger partial charge in [-0.3, -0.25) is 14.7 Å². The molecular weight excluding hydrogens is 240 g/mol. The molecule has 1 aliphatic rings. The van der Waals surface area contributed by atoms with E-state index in [1.54, 1.807) is 36.2 Å². The van der Waals surface area contributed by atoms with Crippen molar-refractivity contribution in [2.24, 2.45) is 4.99 Å². The van der Waals surface area contributed by atoms with Crippen LogP contribution >= 0.6 is 0 Å². The number of phenolic OH excluding ortho intramolecular Hbond substituents is 1. The number of phenols is 1. The molecule has 19 heavy (non-hydrogen) atoms. The second kappa shape index (κ2) is 4.24. The van der Waals surface area contributed by atoms with E-state index < -0.39 is 0 Å². The number of aromatic hydroxyl groups is 1. The maximum Gasteiger partial charge on any atom is 0.281 e. The van der Waals surface area contributed by atoms with Crippen LogP contribution in [0.15, 0.2) is 53.5 Å². The molecule has 0 bridgehead atoms. The molecule has 0 aromatic heterocycles. The van der Waals surface area contributed by atoms with Gasteiger partial charge in [0, 0.05) is 18.3 Å². The third-order valence-corrected chi connectivity index (χ3v) is 3.14. The summed E-state index contributed by atoms with van der Waals surface area (Å²) in [5.41, 5.74) is 2.83. The first-order valence-electron chi connectivity index (χ1n) is 5.92. The van der Waals surface area contributed by atoms with E-state index in [0.717, 1.165) is 11.3 Å². The number of carbonyl (C=O) groups is 1. The monoisotopic (exact) mass is 252 g/mol. The zero-order valence-corrected chi connectivity index (χ0v) is 10.4. The number of aliphatic imine (C=N–C) groups is 1. The largest absolute Gasteiger partial charge is 0.508 e. The molecule has 1 aliphatic heterocycles. The molecule has 2 aromatic carbocycles. The molecule has 0 radical (unpaired) electrons. The maximum atomic E-state index is 12.4. The first-order chi connectivity index (χ1) is 9.22. The number of rotatable bonds is 1. The number of hydrogen-bond donors (Lipinski definition) is 1. The van der Waals surface area contributed by atoms with Crippen LogP contribution in [0.4, 0.5) is 11.4 Å². The molecule has 3 rings (SSSR count). The van der Waals surface area contributed by atoms with Gasteiger partial charge < -0.3 is 5.11 Å². The Kier molecular flexibility index (Phi) is 2.56. The Morgan fingerprint density at radius 2 is 1.74 bits per heavy atom. The molecule has 1 heterocycles. The Balaban J connectivity index is 2.17. The Morgan fingerprint density at radius 3 is 2.42 bits per heavy atom. The zero-order valence-electron chi connectivity index (χ0n) is 10.4. The lowest BCUT2D eigenvalue weighted by Crippen LogP contribution is -2.25. The number of hydrogen-bond acceptors (Lipinski definition) is 3. The molecule has 0 saturated heterocycles. The lowest BCUT2D eigenvalue weighted by atomic mass is 10.1. The normalized spacial score (nSPS) is 15.9. The summed E-state index contributed by atoms with van der Waals surface area (Å²) in [4.78, 5) is 18.1. The van der Waals surface area contributed by atoms with Gasteiger partial charge in [-0.25, -0.2) is 0 Å². The lowest BCUT2D eigenvalue weighted by molar-refractivity contribution is -0.111.